The fourth-order valence-electron chi connectivity index (χ4n) is 2.96. The molecular formula is C25H19N3O2. The summed E-state index contributed by atoms with van der Waals surface area (Å²) in [4.78, 5) is 18.9. The van der Waals surface area contributed by atoms with E-state index in [1.165, 1.54) is 4.90 Å². The first kappa shape index (κ1) is 19.2. The van der Waals surface area contributed by atoms with E-state index < -0.39 is 5.91 Å². The van der Waals surface area contributed by atoms with Crippen LogP contribution in [0.25, 0.3) is 11.5 Å². The molecule has 3 aromatic carbocycles. The van der Waals surface area contributed by atoms with Crippen molar-refractivity contribution < 1.29 is 9.32 Å². The molecule has 1 aromatic heterocycles. The molecule has 0 saturated carbocycles. The highest BCUT2D eigenvalue weighted by molar-refractivity contribution is 6.05. The molecule has 0 fully saturated rings. The van der Waals surface area contributed by atoms with Crippen LogP contribution in [0.1, 0.15) is 16.7 Å². The number of benzene rings is 3. The lowest BCUT2D eigenvalue weighted by molar-refractivity contribution is -0.113. The van der Waals surface area contributed by atoms with Crippen molar-refractivity contribution in [3.63, 3.8) is 0 Å². The SMILES string of the molecule is Cc1ccccc1-c1nc(N(Cc2ccccc2)C(=O)C#Cc2ccccc2)no1. The smallest absolute Gasteiger partial charge is 0.306 e. The van der Waals surface area contributed by atoms with E-state index in [1.807, 2.05) is 91.9 Å². The summed E-state index contributed by atoms with van der Waals surface area (Å²) < 4.78 is 5.46. The van der Waals surface area contributed by atoms with Crippen LogP contribution in [0.3, 0.4) is 0 Å². The molecular weight excluding hydrogens is 374 g/mol. The Morgan fingerprint density at radius 3 is 2.33 bits per heavy atom. The second-order valence-corrected chi connectivity index (χ2v) is 6.71. The summed E-state index contributed by atoms with van der Waals surface area (Å²) >= 11 is 0. The monoisotopic (exact) mass is 393 g/mol. The highest BCUT2D eigenvalue weighted by Gasteiger charge is 2.21. The van der Waals surface area contributed by atoms with Crippen LogP contribution in [-0.4, -0.2) is 16.0 Å². The van der Waals surface area contributed by atoms with Gasteiger partial charge in [0.2, 0.25) is 0 Å². The molecule has 146 valence electrons. The molecule has 0 atom stereocenters. The van der Waals surface area contributed by atoms with Crippen molar-refractivity contribution >= 4 is 11.9 Å². The molecule has 0 bridgehead atoms. The largest absolute Gasteiger partial charge is 0.332 e. The second-order valence-electron chi connectivity index (χ2n) is 6.71. The molecule has 0 aliphatic carbocycles. The molecule has 1 amide bonds. The van der Waals surface area contributed by atoms with Crippen molar-refractivity contribution in [1.29, 1.82) is 0 Å². The number of rotatable bonds is 4. The first-order valence-electron chi connectivity index (χ1n) is 9.53. The summed E-state index contributed by atoms with van der Waals surface area (Å²) in [5, 5.41) is 4.06. The van der Waals surface area contributed by atoms with Gasteiger partial charge in [-0.3, -0.25) is 9.69 Å². The fourth-order valence-corrected chi connectivity index (χ4v) is 2.96. The fraction of sp³-hybridized carbons (Fsp3) is 0.0800. The minimum Gasteiger partial charge on any atom is -0.332 e. The summed E-state index contributed by atoms with van der Waals surface area (Å²) in [7, 11) is 0. The summed E-state index contributed by atoms with van der Waals surface area (Å²) in [6.07, 6.45) is 0. The van der Waals surface area contributed by atoms with E-state index in [0.717, 1.165) is 22.3 Å². The van der Waals surface area contributed by atoms with Crippen molar-refractivity contribution in [2.75, 3.05) is 4.90 Å². The molecule has 0 aliphatic rings. The van der Waals surface area contributed by atoms with Gasteiger partial charge in [0.1, 0.15) is 0 Å². The van der Waals surface area contributed by atoms with Crippen LogP contribution in [0, 0.1) is 18.8 Å². The number of hydrogen-bond acceptors (Lipinski definition) is 4. The average Bonchev–Trinajstić information content (AvgIpc) is 3.27. The van der Waals surface area contributed by atoms with E-state index in [1.54, 1.807) is 0 Å². The summed E-state index contributed by atoms with van der Waals surface area (Å²) in [5.74, 6) is 5.74. The van der Waals surface area contributed by atoms with Gasteiger partial charge in [0.25, 0.3) is 11.8 Å². The Hall–Kier alpha value is -4.17. The summed E-state index contributed by atoms with van der Waals surface area (Å²) in [6.45, 7) is 2.26. The van der Waals surface area contributed by atoms with Gasteiger partial charge in [-0.05, 0) is 41.4 Å². The highest BCUT2D eigenvalue weighted by atomic mass is 16.5. The van der Waals surface area contributed by atoms with Gasteiger partial charge in [-0.1, -0.05) is 72.7 Å². The number of carbonyl (C=O) groups is 1. The molecule has 0 N–H and O–H groups in total. The normalized spacial score (nSPS) is 10.2. The van der Waals surface area contributed by atoms with Crippen LogP contribution in [0.2, 0.25) is 0 Å². The molecule has 30 heavy (non-hydrogen) atoms. The van der Waals surface area contributed by atoms with Crippen LogP contribution in [0.5, 0.6) is 0 Å². The van der Waals surface area contributed by atoms with Gasteiger partial charge in [-0.15, -0.1) is 0 Å². The first-order chi connectivity index (χ1) is 14.7. The molecule has 5 nitrogen and oxygen atoms in total. The van der Waals surface area contributed by atoms with Gasteiger partial charge in [0.05, 0.1) is 6.54 Å². The Kier molecular flexibility index (Phi) is 5.68. The van der Waals surface area contributed by atoms with Crippen molar-refractivity contribution in [2.24, 2.45) is 0 Å². The lowest BCUT2D eigenvalue weighted by Crippen LogP contribution is -2.30. The van der Waals surface area contributed by atoms with E-state index in [0.29, 0.717) is 5.89 Å². The Morgan fingerprint density at radius 2 is 1.60 bits per heavy atom. The Balaban J connectivity index is 1.67. The minimum atomic E-state index is -0.403. The van der Waals surface area contributed by atoms with Crippen LogP contribution >= 0.6 is 0 Å². The minimum absolute atomic E-state index is 0.185. The Labute approximate surface area is 175 Å². The number of amides is 1. The average molecular weight is 393 g/mol. The molecule has 0 aliphatic heterocycles. The molecule has 0 radical (unpaired) electrons. The maximum Gasteiger partial charge on any atom is 0.306 e. The molecule has 0 unspecified atom stereocenters. The third kappa shape index (κ3) is 4.45. The zero-order valence-electron chi connectivity index (χ0n) is 16.4. The maximum absolute atomic E-state index is 13.0. The van der Waals surface area contributed by atoms with Crippen LogP contribution in [0.4, 0.5) is 5.95 Å². The molecule has 4 aromatic rings. The first-order valence-corrected chi connectivity index (χ1v) is 9.53. The molecule has 0 spiro atoms. The van der Waals surface area contributed by atoms with Gasteiger partial charge in [0, 0.05) is 17.0 Å². The zero-order chi connectivity index (χ0) is 20.8. The molecule has 4 rings (SSSR count). The lowest BCUT2D eigenvalue weighted by Gasteiger charge is -2.15. The highest BCUT2D eigenvalue weighted by Crippen LogP contribution is 2.24. The van der Waals surface area contributed by atoms with Gasteiger partial charge in [-0.2, -0.15) is 4.98 Å². The summed E-state index contributed by atoms with van der Waals surface area (Å²) in [5.41, 5.74) is 3.55. The van der Waals surface area contributed by atoms with E-state index in [2.05, 4.69) is 22.0 Å². The van der Waals surface area contributed by atoms with Crippen molar-refractivity contribution in [2.45, 2.75) is 13.5 Å². The zero-order valence-corrected chi connectivity index (χ0v) is 16.4. The van der Waals surface area contributed by atoms with Crippen molar-refractivity contribution in [3.05, 3.63) is 102 Å². The molecule has 5 heteroatoms. The lowest BCUT2D eigenvalue weighted by atomic mass is 10.1. The van der Waals surface area contributed by atoms with E-state index in [9.17, 15) is 4.79 Å². The third-order valence-electron chi connectivity index (χ3n) is 4.55. The van der Waals surface area contributed by atoms with Crippen LogP contribution in [0.15, 0.2) is 89.5 Å². The predicted molar refractivity (Wildman–Crippen MR) is 115 cm³/mol. The molecule has 1 heterocycles. The second kappa shape index (κ2) is 8.89. The third-order valence-corrected chi connectivity index (χ3v) is 4.55. The van der Waals surface area contributed by atoms with E-state index >= 15 is 0 Å². The topological polar surface area (TPSA) is 59.2 Å². The number of nitrogens with zero attached hydrogens (tertiary/aromatic N) is 3. The van der Waals surface area contributed by atoms with Gasteiger partial charge in [0.15, 0.2) is 0 Å². The number of hydrogen-bond donors (Lipinski definition) is 0. The van der Waals surface area contributed by atoms with Crippen LogP contribution in [-0.2, 0) is 11.3 Å². The number of anilines is 1. The van der Waals surface area contributed by atoms with Gasteiger partial charge in [-0.25, -0.2) is 0 Å². The number of aryl methyl sites for hydroxylation is 1. The van der Waals surface area contributed by atoms with Crippen molar-refractivity contribution in [3.8, 4) is 23.3 Å². The van der Waals surface area contributed by atoms with Crippen molar-refractivity contribution in [1.82, 2.24) is 10.1 Å². The standard InChI is InChI=1S/C25H19N3O2/c1-19-10-8-9-15-22(19)24-26-25(27-30-24)28(18-21-13-6-3-7-14-21)23(29)17-16-20-11-4-2-5-12-20/h2-15H,18H2,1H3. The van der Waals surface area contributed by atoms with E-state index in [-0.39, 0.29) is 12.5 Å². The Bertz CT molecular complexity index is 1210. The quantitative estimate of drug-likeness (QED) is 0.474. The Morgan fingerprint density at radius 1 is 0.933 bits per heavy atom. The van der Waals surface area contributed by atoms with Crippen LogP contribution < -0.4 is 4.90 Å². The maximum atomic E-state index is 13.0. The number of carbonyl (C=O) groups excluding carboxylic acids is 1. The molecule has 0 saturated heterocycles. The van der Waals surface area contributed by atoms with Gasteiger partial charge < -0.3 is 4.52 Å². The van der Waals surface area contributed by atoms with E-state index in [4.69, 9.17) is 4.52 Å². The summed E-state index contributed by atoms with van der Waals surface area (Å²) in [6, 6.07) is 26.7. The number of aromatic nitrogens is 2. The van der Waals surface area contributed by atoms with Gasteiger partial charge >= 0.3 is 5.91 Å². The predicted octanol–water partition coefficient (Wildman–Crippen LogP) is 4.63.